The Morgan fingerprint density at radius 2 is 2.00 bits per heavy atom. The van der Waals surface area contributed by atoms with E-state index in [1.54, 1.807) is 12.0 Å². The molecule has 1 spiro atoms. The maximum atomic E-state index is 13.4. The number of hydrogen-bond donors (Lipinski definition) is 1. The second kappa shape index (κ2) is 8.18. The Morgan fingerprint density at radius 3 is 2.69 bits per heavy atom. The van der Waals surface area contributed by atoms with Gasteiger partial charge in [-0.05, 0) is 44.2 Å². The molecule has 0 aromatic heterocycles. The minimum Gasteiger partial charge on any atom is -0.383 e. The summed E-state index contributed by atoms with van der Waals surface area (Å²) in [5.41, 5.74) is 0.896. The zero-order valence-electron chi connectivity index (χ0n) is 15.6. The van der Waals surface area contributed by atoms with Crippen molar-refractivity contribution in [3.05, 3.63) is 35.4 Å². The van der Waals surface area contributed by atoms with Gasteiger partial charge in [-0.15, -0.1) is 0 Å². The molecule has 3 rings (SSSR count). The van der Waals surface area contributed by atoms with Crippen molar-refractivity contribution in [1.82, 2.24) is 10.2 Å². The average molecular weight is 360 g/mol. The summed E-state index contributed by atoms with van der Waals surface area (Å²) in [5, 5.41) is 2.86. The maximum Gasteiger partial charge on any atom is 0.257 e. The summed E-state index contributed by atoms with van der Waals surface area (Å²) in [6.45, 7) is 3.03. The number of methoxy groups -OCH3 is 1. The van der Waals surface area contributed by atoms with E-state index in [0.717, 1.165) is 37.7 Å². The normalized spacial score (nSPS) is 21.8. The van der Waals surface area contributed by atoms with Gasteiger partial charge in [-0.2, -0.15) is 0 Å². The molecule has 0 radical (unpaired) electrons. The third kappa shape index (κ3) is 3.62. The van der Waals surface area contributed by atoms with Gasteiger partial charge in [0.15, 0.2) is 0 Å². The van der Waals surface area contributed by atoms with E-state index in [0.29, 0.717) is 18.7 Å². The number of aryl methyl sites for hydroxylation is 1. The molecule has 142 valence electrons. The number of nitrogens with one attached hydrogen (secondary N) is 1. The molecular formula is C20H28N2O4. The predicted octanol–water partition coefficient (Wildman–Crippen LogP) is 2.26. The van der Waals surface area contributed by atoms with Crippen LogP contribution in [0.1, 0.15) is 48.0 Å². The van der Waals surface area contributed by atoms with Crippen molar-refractivity contribution in [2.45, 2.75) is 50.8 Å². The van der Waals surface area contributed by atoms with Gasteiger partial charge in [0.25, 0.3) is 5.91 Å². The molecule has 1 aliphatic heterocycles. The van der Waals surface area contributed by atoms with Crippen LogP contribution in [-0.4, -0.2) is 55.3 Å². The highest BCUT2D eigenvalue weighted by Gasteiger charge is 2.53. The van der Waals surface area contributed by atoms with Gasteiger partial charge in [0.1, 0.15) is 11.8 Å². The minimum absolute atomic E-state index is 0.116. The van der Waals surface area contributed by atoms with E-state index in [4.69, 9.17) is 9.47 Å². The number of carbonyl (C=O) groups excluding carboxylic acids is 2. The van der Waals surface area contributed by atoms with E-state index >= 15 is 0 Å². The fourth-order valence-electron chi connectivity index (χ4n) is 4.01. The summed E-state index contributed by atoms with van der Waals surface area (Å²) in [5.74, 6) is -0.291. The molecule has 2 fully saturated rings. The molecule has 2 amide bonds. The second-order valence-corrected chi connectivity index (χ2v) is 7.11. The van der Waals surface area contributed by atoms with E-state index in [-0.39, 0.29) is 18.4 Å². The number of amides is 2. The number of hydrogen-bond acceptors (Lipinski definition) is 4. The third-order valence-electron chi connectivity index (χ3n) is 5.40. The van der Waals surface area contributed by atoms with Crippen molar-refractivity contribution < 1.29 is 19.1 Å². The molecule has 1 aromatic rings. The van der Waals surface area contributed by atoms with Crippen molar-refractivity contribution in [3.8, 4) is 0 Å². The molecule has 0 bridgehead atoms. The van der Waals surface area contributed by atoms with Gasteiger partial charge in [-0.3, -0.25) is 14.5 Å². The molecule has 1 N–H and O–H groups in total. The molecule has 1 saturated heterocycles. The summed E-state index contributed by atoms with van der Waals surface area (Å²) in [4.78, 5) is 27.9. The maximum absolute atomic E-state index is 13.4. The number of rotatable bonds is 5. The van der Waals surface area contributed by atoms with E-state index < -0.39 is 11.8 Å². The zero-order chi connectivity index (χ0) is 18.6. The van der Waals surface area contributed by atoms with Crippen LogP contribution in [0.4, 0.5) is 0 Å². The number of carbonyl (C=O) groups is 2. The van der Waals surface area contributed by atoms with Crippen molar-refractivity contribution >= 4 is 11.8 Å². The highest BCUT2D eigenvalue weighted by atomic mass is 16.5. The first-order valence-electron chi connectivity index (χ1n) is 9.39. The monoisotopic (exact) mass is 360 g/mol. The Morgan fingerprint density at radius 1 is 1.27 bits per heavy atom. The quantitative estimate of drug-likeness (QED) is 0.818. The molecule has 1 atom stereocenters. The largest absolute Gasteiger partial charge is 0.383 e. The lowest BCUT2D eigenvalue weighted by molar-refractivity contribution is -0.127. The van der Waals surface area contributed by atoms with Gasteiger partial charge in [-0.1, -0.05) is 24.6 Å². The Labute approximate surface area is 154 Å². The van der Waals surface area contributed by atoms with E-state index in [1.807, 2.05) is 31.2 Å². The molecule has 1 aliphatic carbocycles. The van der Waals surface area contributed by atoms with E-state index in [1.165, 1.54) is 0 Å². The average Bonchev–Trinajstić information content (AvgIpc) is 3.01. The van der Waals surface area contributed by atoms with Crippen molar-refractivity contribution in [1.29, 1.82) is 0 Å². The summed E-state index contributed by atoms with van der Waals surface area (Å²) in [6, 6.07) is 6.92. The van der Waals surface area contributed by atoms with Gasteiger partial charge < -0.3 is 14.8 Å². The van der Waals surface area contributed by atoms with E-state index in [2.05, 4.69) is 5.32 Å². The van der Waals surface area contributed by atoms with Gasteiger partial charge in [0, 0.05) is 19.2 Å². The standard InChI is InChI=1S/C20H28N2O4/c1-15-8-4-5-9-16(15)19(24)22-17(18(23)21-12-13-25-2)14-26-20(22)10-6-3-7-11-20/h4-5,8-9,17H,3,6-7,10-14H2,1-2H3,(H,21,23)/t17-/m0/s1. The van der Waals surface area contributed by atoms with Crippen LogP contribution in [0.25, 0.3) is 0 Å². The molecule has 2 aliphatic rings. The Kier molecular flexibility index (Phi) is 5.94. The van der Waals surface area contributed by atoms with Crippen LogP contribution in [-0.2, 0) is 14.3 Å². The van der Waals surface area contributed by atoms with Crippen LogP contribution in [0.3, 0.4) is 0 Å². The lowest BCUT2D eigenvalue weighted by Gasteiger charge is -2.41. The highest BCUT2D eigenvalue weighted by Crippen LogP contribution is 2.41. The molecular weight excluding hydrogens is 332 g/mol. The van der Waals surface area contributed by atoms with Crippen molar-refractivity contribution in [2.75, 3.05) is 26.9 Å². The summed E-state index contributed by atoms with van der Waals surface area (Å²) >= 11 is 0. The minimum atomic E-state index is -0.652. The summed E-state index contributed by atoms with van der Waals surface area (Å²) in [6.07, 6.45) is 4.73. The van der Waals surface area contributed by atoms with Crippen LogP contribution >= 0.6 is 0 Å². The lowest BCUT2D eigenvalue weighted by atomic mass is 9.89. The predicted molar refractivity (Wildman–Crippen MR) is 97.8 cm³/mol. The first kappa shape index (κ1) is 18.9. The van der Waals surface area contributed by atoms with Crippen LogP contribution < -0.4 is 5.32 Å². The fraction of sp³-hybridized carbons (Fsp3) is 0.600. The third-order valence-corrected chi connectivity index (χ3v) is 5.40. The zero-order valence-corrected chi connectivity index (χ0v) is 15.6. The van der Waals surface area contributed by atoms with Crippen molar-refractivity contribution in [3.63, 3.8) is 0 Å². The molecule has 0 unspecified atom stereocenters. The topological polar surface area (TPSA) is 67.9 Å². The summed E-state index contributed by atoms with van der Waals surface area (Å²) < 4.78 is 11.1. The molecule has 6 heteroatoms. The van der Waals surface area contributed by atoms with Gasteiger partial charge in [0.05, 0.1) is 13.2 Å². The van der Waals surface area contributed by atoms with Gasteiger partial charge in [0.2, 0.25) is 5.91 Å². The summed E-state index contributed by atoms with van der Waals surface area (Å²) in [7, 11) is 1.59. The number of ether oxygens (including phenoxy) is 2. The first-order valence-corrected chi connectivity index (χ1v) is 9.39. The van der Waals surface area contributed by atoms with Gasteiger partial charge in [-0.25, -0.2) is 0 Å². The molecule has 6 nitrogen and oxygen atoms in total. The fourth-order valence-corrected chi connectivity index (χ4v) is 4.01. The Bertz CT molecular complexity index is 655. The Balaban J connectivity index is 1.88. The highest BCUT2D eigenvalue weighted by molar-refractivity contribution is 5.99. The van der Waals surface area contributed by atoms with Gasteiger partial charge >= 0.3 is 0 Å². The van der Waals surface area contributed by atoms with Crippen molar-refractivity contribution in [2.24, 2.45) is 0 Å². The van der Waals surface area contributed by atoms with Crippen LogP contribution in [0.15, 0.2) is 24.3 Å². The molecule has 1 aromatic carbocycles. The SMILES string of the molecule is COCCNC(=O)[C@@H]1COC2(CCCCC2)N1C(=O)c1ccccc1C. The number of nitrogens with zero attached hydrogens (tertiary/aromatic N) is 1. The Hall–Kier alpha value is -1.92. The first-order chi connectivity index (χ1) is 12.6. The lowest BCUT2D eigenvalue weighted by Crippen LogP contribution is -2.56. The van der Waals surface area contributed by atoms with Crippen LogP contribution in [0.2, 0.25) is 0 Å². The van der Waals surface area contributed by atoms with Crippen LogP contribution in [0.5, 0.6) is 0 Å². The molecule has 1 saturated carbocycles. The number of benzene rings is 1. The second-order valence-electron chi connectivity index (χ2n) is 7.11. The molecule has 1 heterocycles. The van der Waals surface area contributed by atoms with Crippen LogP contribution in [0, 0.1) is 6.92 Å². The molecule has 26 heavy (non-hydrogen) atoms. The smallest absolute Gasteiger partial charge is 0.257 e. The van der Waals surface area contributed by atoms with E-state index in [9.17, 15) is 9.59 Å².